The Balaban J connectivity index is 0.00000249. The fourth-order valence-electron chi connectivity index (χ4n) is 9.30. The minimum atomic E-state index is -2.96. The Morgan fingerprint density at radius 3 is 1.37 bits per heavy atom. The molecule has 0 radical (unpaired) electrons. The van der Waals surface area contributed by atoms with Gasteiger partial charge in [-0.25, -0.2) is 0 Å². The van der Waals surface area contributed by atoms with Crippen molar-refractivity contribution >= 4 is 15.4 Å². The SMILES string of the molecule is CC1=CC(C)[C]([Zr+2](=[C](c2ccc(C(C)(C)C)cc2)c2ccc(C(C)(C)C)cc2)[CH]2c3cc4c(cc3-c3cc5c(cc32)C(C)(C)C=C5)C=CC4(C)C)=C1.[Cl-].[Cl-]. The monoisotopic (exact) mass is 828 g/mol. The first-order valence-electron chi connectivity index (χ1n) is 19.5. The number of fused-ring (bicyclic) bond motifs is 5. The van der Waals surface area contributed by atoms with Crippen LogP contribution in [0.25, 0.3) is 23.3 Å². The van der Waals surface area contributed by atoms with Crippen molar-refractivity contribution in [2.24, 2.45) is 5.92 Å². The van der Waals surface area contributed by atoms with Crippen molar-refractivity contribution in [3.05, 3.63) is 162 Å². The number of halogens is 2. The van der Waals surface area contributed by atoms with Gasteiger partial charge in [-0.2, -0.15) is 0 Å². The summed E-state index contributed by atoms with van der Waals surface area (Å²) in [6.07, 6.45) is 14.7. The van der Waals surface area contributed by atoms with E-state index >= 15 is 0 Å². The van der Waals surface area contributed by atoms with Gasteiger partial charge in [-0.3, -0.25) is 0 Å². The third kappa shape index (κ3) is 6.84. The molecule has 4 aromatic rings. The maximum Gasteiger partial charge on any atom is -1.00 e. The zero-order chi connectivity index (χ0) is 37.1. The molecular weight excluding hydrogens is 775 g/mol. The molecular formula is C51H56Cl2Zr. The summed E-state index contributed by atoms with van der Waals surface area (Å²) in [5.74, 6) is 0.430. The number of benzene rings is 4. The average Bonchev–Trinajstić information content (AvgIpc) is 3.77. The van der Waals surface area contributed by atoms with Crippen LogP contribution >= 0.6 is 0 Å². The van der Waals surface area contributed by atoms with Crippen LogP contribution in [0.3, 0.4) is 0 Å². The molecule has 0 saturated carbocycles. The van der Waals surface area contributed by atoms with E-state index in [9.17, 15) is 0 Å². The summed E-state index contributed by atoms with van der Waals surface area (Å²) >= 11 is -2.96. The second-order valence-corrected chi connectivity index (χ2v) is 25.4. The van der Waals surface area contributed by atoms with Crippen LogP contribution in [-0.4, -0.2) is 3.21 Å². The van der Waals surface area contributed by atoms with E-state index in [-0.39, 0.29) is 46.5 Å². The quantitative estimate of drug-likeness (QED) is 0.202. The Labute approximate surface area is 345 Å². The summed E-state index contributed by atoms with van der Waals surface area (Å²) in [5, 5.41) is 0. The Morgan fingerprint density at radius 2 is 1.02 bits per heavy atom. The molecule has 4 aliphatic carbocycles. The molecule has 0 bridgehead atoms. The van der Waals surface area contributed by atoms with Gasteiger partial charge in [-0.15, -0.1) is 0 Å². The number of hydrogen-bond donors (Lipinski definition) is 0. The molecule has 0 fully saturated rings. The van der Waals surface area contributed by atoms with E-state index in [1.54, 1.807) is 17.6 Å². The Morgan fingerprint density at radius 1 is 0.611 bits per heavy atom. The van der Waals surface area contributed by atoms with Crippen molar-refractivity contribution in [3.8, 4) is 11.1 Å². The summed E-state index contributed by atoms with van der Waals surface area (Å²) < 4.78 is 3.71. The van der Waals surface area contributed by atoms with E-state index in [1.807, 2.05) is 0 Å². The van der Waals surface area contributed by atoms with Crippen LogP contribution in [0.4, 0.5) is 0 Å². The minimum absolute atomic E-state index is 0. The van der Waals surface area contributed by atoms with Gasteiger partial charge in [0.25, 0.3) is 0 Å². The first-order chi connectivity index (χ1) is 24.3. The third-order valence-corrected chi connectivity index (χ3v) is 21.1. The Hall–Kier alpha value is -2.83. The molecule has 8 rings (SSSR count). The van der Waals surface area contributed by atoms with E-state index in [0.29, 0.717) is 9.54 Å². The van der Waals surface area contributed by atoms with Gasteiger partial charge in [-0.1, -0.05) is 0 Å². The summed E-state index contributed by atoms with van der Waals surface area (Å²) in [6.45, 7) is 28.3. The average molecular weight is 831 g/mol. The van der Waals surface area contributed by atoms with Gasteiger partial charge in [0.05, 0.1) is 0 Å². The zero-order valence-electron chi connectivity index (χ0n) is 34.3. The topological polar surface area (TPSA) is 0 Å². The molecule has 278 valence electrons. The summed E-state index contributed by atoms with van der Waals surface area (Å²) in [4.78, 5) is 0. The van der Waals surface area contributed by atoms with Crippen LogP contribution in [-0.2, 0) is 42.9 Å². The molecule has 0 heterocycles. The second kappa shape index (κ2) is 14.0. The normalized spacial score (nSPS) is 18.4. The van der Waals surface area contributed by atoms with Crippen LogP contribution in [0.5, 0.6) is 0 Å². The van der Waals surface area contributed by atoms with Gasteiger partial charge >= 0.3 is 324 Å². The van der Waals surface area contributed by atoms with Gasteiger partial charge in [0, 0.05) is 0 Å². The van der Waals surface area contributed by atoms with Gasteiger partial charge in [-0.05, 0) is 0 Å². The molecule has 0 spiro atoms. The summed E-state index contributed by atoms with van der Waals surface area (Å²) in [6, 6.07) is 29.9. The molecule has 54 heavy (non-hydrogen) atoms. The van der Waals surface area contributed by atoms with Crippen LogP contribution < -0.4 is 24.8 Å². The molecule has 0 aliphatic heterocycles. The molecule has 0 aromatic heterocycles. The molecule has 3 heteroatoms. The fourth-order valence-corrected chi connectivity index (χ4v) is 18.9. The predicted molar refractivity (Wildman–Crippen MR) is 222 cm³/mol. The van der Waals surface area contributed by atoms with E-state index in [0.717, 1.165) is 0 Å². The molecule has 1 atom stereocenters. The maximum absolute atomic E-state index is 2.96. The number of rotatable bonds is 4. The summed E-state index contributed by atoms with van der Waals surface area (Å²) in [5.41, 5.74) is 19.1. The van der Waals surface area contributed by atoms with E-state index < -0.39 is 21.3 Å². The van der Waals surface area contributed by atoms with E-state index in [2.05, 4.69) is 192 Å². The Kier molecular flexibility index (Phi) is 10.6. The van der Waals surface area contributed by atoms with Crippen molar-refractivity contribution in [2.75, 3.05) is 0 Å². The molecule has 4 aliphatic rings. The van der Waals surface area contributed by atoms with Crippen molar-refractivity contribution in [3.63, 3.8) is 0 Å². The molecule has 1 unspecified atom stereocenters. The molecule has 4 aromatic carbocycles. The Bertz CT molecular complexity index is 2170. The van der Waals surface area contributed by atoms with Gasteiger partial charge in [0.2, 0.25) is 0 Å². The van der Waals surface area contributed by atoms with Crippen LogP contribution in [0.1, 0.15) is 142 Å². The van der Waals surface area contributed by atoms with Crippen LogP contribution in [0.2, 0.25) is 0 Å². The standard InChI is InChI=1S/C23H21.C21H26.C7H9.2ClH.Zr/c1-22(2)7-5-14-10-18-16(12-20(14)22)9-17-13-21-15(11-19(17)18)6-8-23(21,3)4;1-20(2,3)18-11-7-16(8-12-18)15-17-9-13-19(14-10-17)21(4,5)6;1-6-3-4-7(2)5-6;;;/h5-13H,1-4H3;7-14H,1-6H3;3,5,7H,1-2H3;2*1H;/q;;;;;+2/p-2. The molecule has 0 saturated heterocycles. The molecule has 0 nitrogen and oxygen atoms in total. The van der Waals surface area contributed by atoms with Crippen molar-refractivity contribution in [1.29, 1.82) is 0 Å². The smallest absolute Gasteiger partial charge is 1.00 e. The van der Waals surface area contributed by atoms with Gasteiger partial charge in [0.1, 0.15) is 0 Å². The second-order valence-electron chi connectivity index (χ2n) is 19.3. The number of hydrogen-bond acceptors (Lipinski definition) is 0. The molecule has 0 N–H and O–H groups in total. The summed E-state index contributed by atoms with van der Waals surface area (Å²) in [7, 11) is 0. The molecule has 0 amide bonds. The van der Waals surface area contributed by atoms with Crippen LogP contribution in [0.15, 0.2) is 106 Å². The number of allylic oxidation sites excluding steroid dienone is 6. The van der Waals surface area contributed by atoms with Crippen molar-refractivity contribution in [2.45, 2.75) is 108 Å². The fraction of sp³-hybridized carbons (Fsp3) is 0.353. The van der Waals surface area contributed by atoms with Gasteiger partial charge < -0.3 is 24.8 Å². The van der Waals surface area contributed by atoms with E-state index in [1.165, 1.54) is 61.2 Å². The third-order valence-electron chi connectivity index (χ3n) is 12.4. The largest absolute Gasteiger partial charge is 1.00 e. The minimum Gasteiger partial charge on any atom is -1.00 e. The van der Waals surface area contributed by atoms with Gasteiger partial charge in [0.15, 0.2) is 0 Å². The first-order valence-corrected chi connectivity index (χ1v) is 23.3. The van der Waals surface area contributed by atoms with Crippen molar-refractivity contribution < 1.29 is 46.1 Å². The van der Waals surface area contributed by atoms with Crippen molar-refractivity contribution in [1.82, 2.24) is 0 Å². The van der Waals surface area contributed by atoms with Crippen LogP contribution in [0, 0.1) is 5.92 Å². The zero-order valence-corrected chi connectivity index (χ0v) is 38.3. The predicted octanol–water partition coefficient (Wildman–Crippen LogP) is 7.34. The van der Waals surface area contributed by atoms with E-state index in [4.69, 9.17) is 0 Å². The first kappa shape index (κ1) is 40.8. The maximum atomic E-state index is 2.66.